The van der Waals surface area contributed by atoms with E-state index in [0.717, 1.165) is 65.7 Å². The van der Waals surface area contributed by atoms with Gasteiger partial charge in [0, 0.05) is 59.1 Å². The van der Waals surface area contributed by atoms with E-state index in [0.29, 0.717) is 17.2 Å². The number of fused-ring (bicyclic) bond motifs is 7. The average Bonchev–Trinajstić information content (AvgIpc) is 3.63. The molecule has 41 heavy (non-hydrogen) atoms. The summed E-state index contributed by atoms with van der Waals surface area (Å²) in [5, 5.41) is 9.60. The van der Waals surface area contributed by atoms with Crippen LogP contribution in [0.2, 0.25) is 0 Å². The lowest BCUT2D eigenvalue weighted by molar-refractivity contribution is 0.102. The number of aromatic nitrogens is 6. The molecule has 10 nitrogen and oxygen atoms in total. The Kier molecular flexibility index (Phi) is 6.50. The molecule has 1 amide bonds. The number of hydrogen-bond acceptors (Lipinski definition) is 6. The number of piperidine rings is 1. The van der Waals surface area contributed by atoms with Crippen LogP contribution in [0.5, 0.6) is 0 Å². The highest BCUT2D eigenvalue weighted by atomic mass is 16.1. The van der Waals surface area contributed by atoms with Crippen LogP contribution < -0.4 is 11.1 Å². The highest BCUT2D eigenvalue weighted by molar-refractivity contribution is 6.07. The maximum absolute atomic E-state index is 13.3. The minimum absolute atomic E-state index is 0.160. The number of aryl methyl sites for hydroxylation is 1. The van der Waals surface area contributed by atoms with E-state index in [1.807, 2.05) is 35.1 Å². The Hall–Kier alpha value is -4.18. The molecule has 0 radical (unpaired) electrons. The molecule has 1 saturated heterocycles. The summed E-state index contributed by atoms with van der Waals surface area (Å²) >= 11 is 0. The molecule has 2 aliphatic heterocycles. The number of nitrogen functional groups attached to an aromatic ring is 1. The average molecular weight is 552 g/mol. The van der Waals surface area contributed by atoms with Crippen molar-refractivity contribution in [2.75, 3.05) is 30.7 Å². The van der Waals surface area contributed by atoms with Gasteiger partial charge in [-0.15, -0.1) is 0 Å². The van der Waals surface area contributed by atoms with Crippen LogP contribution in [-0.2, 0) is 19.5 Å². The van der Waals surface area contributed by atoms with Crippen molar-refractivity contribution in [2.24, 2.45) is 0 Å². The zero-order valence-corrected chi connectivity index (χ0v) is 23.8. The van der Waals surface area contributed by atoms with Crippen molar-refractivity contribution in [1.82, 2.24) is 33.8 Å². The van der Waals surface area contributed by atoms with E-state index in [4.69, 9.17) is 5.73 Å². The number of benzene rings is 1. The molecule has 7 rings (SSSR count). The molecule has 3 N–H and O–H groups in total. The third-order valence-corrected chi connectivity index (χ3v) is 8.62. The molecular weight excluding hydrogens is 514 g/mol. The molecule has 4 aromatic heterocycles. The summed E-state index contributed by atoms with van der Waals surface area (Å²) in [5.74, 6) is 0.913. The number of amides is 1. The lowest BCUT2D eigenvalue weighted by Gasteiger charge is -2.26. The van der Waals surface area contributed by atoms with E-state index in [-0.39, 0.29) is 11.9 Å². The number of carbonyl (C=O) groups excluding carboxylic acids is 1. The Morgan fingerprint density at radius 3 is 2.71 bits per heavy atom. The van der Waals surface area contributed by atoms with E-state index in [1.54, 1.807) is 6.33 Å². The number of anilines is 2. The second kappa shape index (κ2) is 10.3. The highest BCUT2D eigenvalue weighted by Gasteiger charge is 2.28. The fourth-order valence-electron chi connectivity index (χ4n) is 6.70. The first-order valence-corrected chi connectivity index (χ1v) is 14.8. The SMILES string of the molecule is CC(C)n1c2c(c3c(N)ncnc31)-c1cc3ccc(C(=O)Nc4ccn(CCN5CCCCC5)n4)cc3n1CCC2. The predicted octanol–water partition coefficient (Wildman–Crippen LogP) is 5.10. The molecule has 0 saturated carbocycles. The Balaban J connectivity index is 1.18. The van der Waals surface area contributed by atoms with Crippen LogP contribution in [0.4, 0.5) is 11.6 Å². The quantitative estimate of drug-likeness (QED) is 0.304. The van der Waals surface area contributed by atoms with Gasteiger partial charge in [0.05, 0.1) is 17.6 Å². The minimum Gasteiger partial charge on any atom is -0.383 e. The van der Waals surface area contributed by atoms with Crippen molar-refractivity contribution in [3.8, 4) is 11.3 Å². The van der Waals surface area contributed by atoms with Crippen molar-refractivity contribution in [3.05, 3.63) is 54.1 Å². The van der Waals surface area contributed by atoms with Gasteiger partial charge in [-0.05, 0) is 70.8 Å². The monoisotopic (exact) mass is 551 g/mol. The molecule has 2 aliphatic rings. The number of carbonyl (C=O) groups is 1. The van der Waals surface area contributed by atoms with Gasteiger partial charge in [0.2, 0.25) is 0 Å². The van der Waals surface area contributed by atoms with Crippen LogP contribution in [-0.4, -0.2) is 59.3 Å². The van der Waals surface area contributed by atoms with Crippen molar-refractivity contribution in [1.29, 1.82) is 0 Å². The third kappa shape index (κ3) is 4.56. The van der Waals surface area contributed by atoms with Gasteiger partial charge in [-0.2, -0.15) is 5.10 Å². The number of rotatable bonds is 6. The fraction of sp³-hybridized carbons (Fsp3) is 0.419. The van der Waals surface area contributed by atoms with Gasteiger partial charge in [-0.1, -0.05) is 12.5 Å². The van der Waals surface area contributed by atoms with E-state index in [9.17, 15) is 4.79 Å². The van der Waals surface area contributed by atoms with E-state index in [2.05, 4.69) is 54.3 Å². The molecule has 0 bridgehead atoms. The molecule has 6 heterocycles. The molecule has 212 valence electrons. The van der Waals surface area contributed by atoms with Crippen molar-refractivity contribution >= 4 is 39.5 Å². The van der Waals surface area contributed by atoms with Gasteiger partial charge < -0.3 is 25.1 Å². The normalized spacial score (nSPS) is 15.8. The molecule has 0 aliphatic carbocycles. The minimum atomic E-state index is -0.160. The summed E-state index contributed by atoms with van der Waals surface area (Å²) in [6.07, 6.45) is 9.28. The number of nitrogens with zero attached hydrogens (tertiary/aromatic N) is 7. The Bertz CT molecular complexity index is 1750. The summed E-state index contributed by atoms with van der Waals surface area (Å²) in [6, 6.07) is 10.2. The van der Waals surface area contributed by atoms with Crippen molar-refractivity contribution in [2.45, 2.75) is 65.1 Å². The van der Waals surface area contributed by atoms with Crippen LogP contribution in [0.25, 0.3) is 33.2 Å². The number of likely N-dealkylation sites (tertiary alicyclic amines) is 1. The summed E-state index contributed by atoms with van der Waals surface area (Å²) in [5.41, 5.74) is 12.4. The van der Waals surface area contributed by atoms with Crippen molar-refractivity contribution in [3.63, 3.8) is 0 Å². The maximum Gasteiger partial charge on any atom is 0.256 e. The van der Waals surface area contributed by atoms with Gasteiger partial charge in [-0.3, -0.25) is 9.48 Å². The molecule has 10 heteroatoms. The van der Waals surface area contributed by atoms with Crippen LogP contribution in [0.3, 0.4) is 0 Å². The lowest BCUT2D eigenvalue weighted by Crippen LogP contribution is -2.32. The summed E-state index contributed by atoms with van der Waals surface area (Å²) in [7, 11) is 0. The fourth-order valence-corrected chi connectivity index (χ4v) is 6.70. The third-order valence-electron chi connectivity index (χ3n) is 8.62. The smallest absolute Gasteiger partial charge is 0.256 e. The molecule has 1 fully saturated rings. The maximum atomic E-state index is 13.3. The Morgan fingerprint density at radius 1 is 1.02 bits per heavy atom. The van der Waals surface area contributed by atoms with Crippen molar-refractivity contribution < 1.29 is 4.79 Å². The number of nitrogens with one attached hydrogen (secondary N) is 1. The van der Waals surface area contributed by atoms with E-state index in [1.165, 1.54) is 38.0 Å². The van der Waals surface area contributed by atoms with Gasteiger partial charge in [0.25, 0.3) is 5.91 Å². The molecule has 0 spiro atoms. The van der Waals surface area contributed by atoms with Crippen LogP contribution >= 0.6 is 0 Å². The lowest BCUT2D eigenvalue weighted by atomic mass is 10.1. The molecule has 1 aromatic carbocycles. The van der Waals surface area contributed by atoms with Gasteiger partial charge in [0.15, 0.2) is 5.82 Å². The Labute approximate surface area is 239 Å². The number of nitrogens with two attached hydrogens (primary N) is 1. The summed E-state index contributed by atoms with van der Waals surface area (Å²) < 4.78 is 6.55. The zero-order valence-electron chi connectivity index (χ0n) is 23.8. The summed E-state index contributed by atoms with van der Waals surface area (Å²) in [6.45, 7) is 9.36. The molecule has 0 atom stereocenters. The van der Waals surface area contributed by atoms with Crippen LogP contribution in [0, 0.1) is 0 Å². The van der Waals surface area contributed by atoms with Gasteiger partial charge in [-0.25, -0.2) is 9.97 Å². The second-order valence-corrected chi connectivity index (χ2v) is 11.6. The largest absolute Gasteiger partial charge is 0.383 e. The topological polar surface area (TPSA) is 112 Å². The van der Waals surface area contributed by atoms with Crippen LogP contribution in [0.15, 0.2) is 42.9 Å². The molecule has 0 unspecified atom stereocenters. The Morgan fingerprint density at radius 2 is 1.88 bits per heavy atom. The van der Waals surface area contributed by atoms with Gasteiger partial charge in [0.1, 0.15) is 17.8 Å². The van der Waals surface area contributed by atoms with E-state index >= 15 is 0 Å². The summed E-state index contributed by atoms with van der Waals surface area (Å²) in [4.78, 5) is 24.8. The second-order valence-electron chi connectivity index (χ2n) is 11.6. The first-order valence-electron chi connectivity index (χ1n) is 14.8. The van der Waals surface area contributed by atoms with E-state index < -0.39 is 0 Å². The highest BCUT2D eigenvalue weighted by Crippen LogP contribution is 2.42. The first kappa shape index (κ1) is 25.8. The van der Waals surface area contributed by atoms with Crippen LogP contribution in [0.1, 0.15) is 61.6 Å². The molecular formula is C31H37N9O. The zero-order chi connectivity index (χ0) is 28.1. The number of hydrogen-bond donors (Lipinski definition) is 2. The standard InChI is InChI=1S/C31H37N9O/c1-20(2)40-23-7-6-13-39-24-18-22(9-8-21(24)17-25(39)27(23)28-29(32)33-19-34-30(28)40)31(41)35-26-10-14-38(36-26)16-15-37-11-4-3-5-12-37/h8-10,14,17-20H,3-7,11-13,15-16H2,1-2H3,(H2,32,33,34)(H,35,36,41). The molecule has 5 aromatic rings. The predicted molar refractivity (Wildman–Crippen MR) is 162 cm³/mol. The first-order chi connectivity index (χ1) is 20.0. The van der Waals surface area contributed by atoms with Gasteiger partial charge >= 0.3 is 0 Å².